The van der Waals surface area contributed by atoms with E-state index in [1.165, 1.54) is 0 Å². The highest BCUT2D eigenvalue weighted by molar-refractivity contribution is 6.30. The van der Waals surface area contributed by atoms with Crippen LogP contribution < -0.4 is 15.2 Å². The number of benzene rings is 2. The molecule has 1 amide bonds. The Morgan fingerprint density at radius 3 is 2.29 bits per heavy atom. The number of methoxy groups -OCH3 is 1. The van der Waals surface area contributed by atoms with Gasteiger partial charge in [-0.3, -0.25) is 4.79 Å². The van der Waals surface area contributed by atoms with Crippen LogP contribution in [0.4, 0.5) is 0 Å². The van der Waals surface area contributed by atoms with Crippen molar-refractivity contribution in [2.75, 3.05) is 7.11 Å². The first-order valence-electron chi connectivity index (χ1n) is 7.78. The van der Waals surface area contributed by atoms with Crippen LogP contribution in [0.3, 0.4) is 0 Å². The number of primary amides is 1. The summed E-state index contributed by atoms with van der Waals surface area (Å²) in [7, 11) is 1.58. The summed E-state index contributed by atoms with van der Waals surface area (Å²) in [6.45, 7) is 3.91. The molecule has 0 unspecified atom stereocenters. The second kappa shape index (κ2) is 8.06. The van der Waals surface area contributed by atoms with Crippen molar-refractivity contribution < 1.29 is 14.3 Å². The third kappa shape index (κ3) is 4.90. The average molecular weight is 348 g/mol. The molecule has 2 aromatic rings. The average Bonchev–Trinajstić information content (AvgIpc) is 2.51. The topological polar surface area (TPSA) is 61.5 Å². The summed E-state index contributed by atoms with van der Waals surface area (Å²) in [4.78, 5) is 11.4. The van der Waals surface area contributed by atoms with Crippen LogP contribution in [0.25, 0.3) is 0 Å². The Morgan fingerprint density at radius 1 is 1.12 bits per heavy atom. The molecule has 0 saturated heterocycles. The first-order valence-corrected chi connectivity index (χ1v) is 8.16. The smallest absolute Gasteiger partial charge is 0.221 e. The summed E-state index contributed by atoms with van der Waals surface area (Å²) in [5, 5.41) is 0.690. The molecule has 0 atom stereocenters. The van der Waals surface area contributed by atoms with Gasteiger partial charge in [-0.05, 0) is 61.2 Å². The van der Waals surface area contributed by atoms with Gasteiger partial charge in [0.2, 0.25) is 5.91 Å². The molecule has 0 radical (unpaired) electrons. The second-order valence-corrected chi connectivity index (χ2v) is 6.32. The van der Waals surface area contributed by atoms with Crippen LogP contribution in [0.5, 0.6) is 11.5 Å². The minimum Gasteiger partial charge on any atom is -0.493 e. The van der Waals surface area contributed by atoms with Crippen LogP contribution >= 0.6 is 11.6 Å². The highest BCUT2D eigenvalue weighted by atomic mass is 35.5. The van der Waals surface area contributed by atoms with Crippen molar-refractivity contribution >= 4 is 17.5 Å². The molecular weight excluding hydrogens is 326 g/mol. The number of rotatable bonds is 7. The highest BCUT2D eigenvalue weighted by Gasteiger charge is 2.15. The summed E-state index contributed by atoms with van der Waals surface area (Å²) in [5.41, 5.74) is 8.29. The SMILES string of the molecule is COc1cc(CC(N)=O)c(Cc2ccc(Cl)cc2)cc1OC(C)C. The number of hydrogen-bond acceptors (Lipinski definition) is 3. The van der Waals surface area contributed by atoms with Crippen LogP contribution in [0, 0.1) is 0 Å². The molecule has 0 aliphatic rings. The highest BCUT2D eigenvalue weighted by Crippen LogP contribution is 2.33. The molecule has 24 heavy (non-hydrogen) atoms. The van der Waals surface area contributed by atoms with Gasteiger partial charge < -0.3 is 15.2 Å². The van der Waals surface area contributed by atoms with E-state index in [2.05, 4.69) is 0 Å². The summed E-state index contributed by atoms with van der Waals surface area (Å²) in [6.07, 6.45) is 0.823. The molecular formula is C19H22ClNO3. The molecule has 0 aromatic heterocycles. The lowest BCUT2D eigenvalue weighted by Gasteiger charge is -2.18. The molecule has 2 aromatic carbocycles. The Bertz CT molecular complexity index is 711. The zero-order valence-electron chi connectivity index (χ0n) is 14.1. The Labute approximate surface area is 147 Å². The fourth-order valence-electron chi connectivity index (χ4n) is 2.49. The normalized spacial score (nSPS) is 10.7. The van der Waals surface area contributed by atoms with E-state index in [9.17, 15) is 4.79 Å². The van der Waals surface area contributed by atoms with Crippen molar-refractivity contribution in [3.05, 3.63) is 58.1 Å². The maximum Gasteiger partial charge on any atom is 0.221 e. The number of carbonyl (C=O) groups excluding carboxylic acids is 1. The van der Waals surface area contributed by atoms with Crippen molar-refractivity contribution in [3.63, 3.8) is 0 Å². The molecule has 4 nitrogen and oxygen atoms in total. The molecule has 2 rings (SSSR count). The molecule has 0 heterocycles. The molecule has 0 bridgehead atoms. The van der Waals surface area contributed by atoms with E-state index in [1.54, 1.807) is 7.11 Å². The lowest BCUT2D eigenvalue weighted by atomic mass is 9.97. The van der Waals surface area contributed by atoms with E-state index in [1.807, 2.05) is 50.2 Å². The van der Waals surface area contributed by atoms with Crippen LogP contribution in [-0.4, -0.2) is 19.1 Å². The zero-order valence-corrected chi connectivity index (χ0v) is 14.9. The van der Waals surface area contributed by atoms with Gasteiger partial charge in [-0.15, -0.1) is 0 Å². The first-order chi connectivity index (χ1) is 11.4. The summed E-state index contributed by atoms with van der Waals surface area (Å²) >= 11 is 5.94. The summed E-state index contributed by atoms with van der Waals surface area (Å²) in [6, 6.07) is 11.4. The summed E-state index contributed by atoms with van der Waals surface area (Å²) in [5.74, 6) is 0.872. The predicted octanol–water partition coefficient (Wildman–Crippen LogP) is 3.75. The third-order valence-electron chi connectivity index (χ3n) is 3.52. The van der Waals surface area contributed by atoms with E-state index in [4.69, 9.17) is 26.8 Å². The van der Waals surface area contributed by atoms with Crippen molar-refractivity contribution in [3.8, 4) is 11.5 Å². The van der Waals surface area contributed by atoms with Gasteiger partial charge >= 0.3 is 0 Å². The van der Waals surface area contributed by atoms with Gasteiger partial charge in [0.25, 0.3) is 0 Å². The molecule has 128 valence electrons. The van der Waals surface area contributed by atoms with Crippen molar-refractivity contribution in [2.45, 2.75) is 32.8 Å². The molecule has 0 aliphatic carbocycles. The van der Waals surface area contributed by atoms with Crippen molar-refractivity contribution in [1.82, 2.24) is 0 Å². The minimum absolute atomic E-state index is 0.0178. The summed E-state index contributed by atoms with van der Waals surface area (Å²) < 4.78 is 11.2. The number of halogens is 1. The molecule has 0 spiro atoms. The van der Waals surface area contributed by atoms with Crippen LogP contribution in [-0.2, 0) is 17.6 Å². The largest absolute Gasteiger partial charge is 0.493 e. The molecule has 0 saturated carbocycles. The second-order valence-electron chi connectivity index (χ2n) is 5.88. The van der Waals surface area contributed by atoms with Gasteiger partial charge in [0.15, 0.2) is 11.5 Å². The van der Waals surface area contributed by atoms with Crippen LogP contribution in [0.2, 0.25) is 5.02 Å². The van der Waals surface area contributed by atoms with Gasteiger partial charge in [-0.1, -0.05) is 23.7 Å². The standard InChI is InChI=1S/C19H22ClNO3/c1-12(2)24-18-10-14(8-13-4-6-16(20)7-5-13)15(11-19(21)22)9-17(18)23-3/h4-7,9-10,12H,8,11H2,1-3H3,(H2,21,22). The van der Waals surface area contributed by atoms with E-state index in [-0.39, 0.29) is 18.4 Å². The number of nitrogens with two attached hydrogens (primary N) is 1. The van der Waals surface area contributed by atoms with Gasteiger partial charge in [-0.25, -0.2) is 0 Å². The monoisotopic (exact) mass is 347 g/mol. The fourth-order valence-corrected chi connectivity index (χ4v) is 2.61. The molecule has 5 heteroatoms. The van der Waals surface area contributed by atoms with E-state index >= 15 is 0 Å². The van der Waals surface area contributed by atoms with E-state index < -0.39 is 0 Å². The maximum atomic E-state index is 11.4. The Kier molecular flexibility index (Phi) is 6.10. The zero-order chi connectivity index (χ0) is 17.7. The predicted molar refractivity (Wildman–Crippen MR) is 95.9 cm³/mol. The maximum absolute atomic E-state index is 11.4. The molecule has 0 fully saturated rings. The van der Waals surface area contributed by atoms with Crippen LogP contribution in [0.1, 0.15) is 30.5 Å². The number of ether oxygens (including phenoxy) is 2. The first kappa shape index (κ1) is 18.1. The van der Waals surface area contributed by atoms with Gasteiger partial charge in [-0.2, -0.15) is 0 Å². The van der Waals surface area contributed by atoms with Crippen LogP contribution in [0.15, 0.2) is 36.4 Å². The Balaban J connectivity index is 2.43. The quantitative estimate of drug-likeness (QED) is 0.829. The number of amides is 1. The molecule has 2 N–H and O–H groups in total. The lowest BCUT2D eigenvalue weighted by molar-refractivity contribution is -0.117. The lowest BCUT2D eigenvalue weighted by Crippen LogP contribution is -2.16. The van der Waals surface area contributed by atoms with Crippen molar-refractivity contribution in [1.29, 1.82) is 0 Å². The third-order valence-corrected chi connectivity index (χ3v) is 3.77. The van der Waals surface area contributed by atoms with Crippen molar-refractivity contribution in [2.24, 2.45) is 5.73 Å². The number of carbonyl (C=O) groups is 1. The molecule has 0 aliphatic heterocycles. The Morgan fingerprint density at radius 2 is 1.75 bits per heavy atom. The Hall–Kier alpha value is -2.20. The van der Waals surface area contributed by atoms with Gasteiger partial charge in [0, 0.05) is 5.02 Å². The fraction of sp³-hybridized carbons (Fsp3) is 0.316. The van der Waals surface area contributed by atoms with Gasteiger partial charge in [0.05, 0.1) is 19.6 Å². The van der Waals surface area contributed by atoms with E-state index in [0.29, 0.717) is 22.9 Å². The number of hydrogen-bond donors (Lipinski definition) is 1. The minimum atomic E-state index is -0.382. The van der Waals surface area contributed by atoms with E-state index in [0.717, 1.165) is 16.7 Å². The van der Waals surface area contributed by atoms with Gasteiger partial charge in [0.1, 0.15) is 0 Å².